The Bertz CT molecular complexity index is 1020. The molecule has 2 atom stereocenters. The molecule has 2 aliphatic heterocycles. The molecule has 10 heteroatoms. The molecule has 30 heavy (non-hydrogen) atoms. The molecule has 0 unspecified atom stereocenters. The molecule has 0 radical (unpaired) electrons. The Morgan fingerprint density at radius 3 is 2.57 bits per heavy atom. The second kappa shape index (κ2) is 7.85. The highest BCUT2D eigenvalue weighted by molar-refractivity contribution is 5.78. The number of carbonyl (C=O) groups excluding carboxylic acids is 1. The summed E-state index contributed by atoms with van der Waals surface area (Å²) in [5.41, 5.74) is 0.498. The van der Waals surface area contributed by atoms with Crippen LogP contribution in [0.15, 0.2) is 30.3 Å². The number of halogens is 3. The zero-order valence-electron chi connectivity index (χ0n) is 15.6. The lowest BCUT2D eigenvalue weighted by atomic mass is 9.84. The van der Waals surface area contributed by atoms with E-state index in [1.54, 1.807) is 12.1 Å². The van der Waals surface area contributed by atoms with E-state index < -0.39 is 40.2 Å². The zero-order chi connectivity index (χ0) is 21.4. The van der Waals surface area contributed by atoms with Crippen molar-refractivity contribution in [1.29, 1.82) is 0 Å². The van der Waals surface area contributed by atoms with Crippen LogP contribution in [-0.2, 0) is 11.2 Å². The molecule has 4 rings (SSSR count). The number of amides is 1. The van der Waals surface area contributed by atoms with Gasteiger partial charge in [-0.3, -0.25) is 14.9 Å². The van der Waals surface area contributed by atoms with Crippen LogP contribution in [0.25, 0.3) is 0 Å². The van der Waals surface area contributed by atoms with E-state index >= 15 is 0 Å². The first-order valence-corrected chi connectivity index (χ1v) is 9.27. The lowest BCUT2D eigenvalue weighted by Gasteiger charge is -2.34. The largest absolute Gasteiger partial charge is 0.454 e. The van der Waals surface area contributed by atoms with Gasteiger partial charge in [0.2, 0.25) is 18.7 Å². The maximum absolute atomic E-state index is 14.2. The second-order valence-corrected chi connectivity index (χ2v) is 7.23. The number of ether oxygens (including phenoxy) is 2. The summed E-state index contributed by atoms with van der Waals surface area (Å²) >= 11 is 0. The first kappa shape index (κ1) is 20.0. The Morgan fingerprint density at radius 1 is 1.07 bits per heavy atom. The molecule has 0 saturated carbocycles. The molecule has 1 amide bonds. The molecule has 2 aromatic rings. The summed E-state index contributed by atoms with van der Waals surface area (Å²) in [4.78, 5) is 24.9. The Kier molecular flexibility index (Phi) is 5.23. The van der Waals surface area contributed by atoms with E-state index in [9.17, 15) is 28.1 Å². The van der Waals surface area contributed by atoms with Gasteiger partial charge in [-0.15, -0.1) is 0 Å². The quantitative estimate of drug-likeness (QED) is 0.420. The van der Waals surface area contributed by atoms with Crippen molar-refractivity contribution >= 4 is 5.91 Å². The lowest BCUT2D eigenvalue weighted by molar-refractivity contribution is -0.528. The molecule has 158 valence electrons. The van der Waals surface area contributed by atoms with E-state index in [4.69, 9.17) is 9.47 Å². The van der Waals surface area contributed by atoms with Crippen LogP contribution in [-0.4, -0.2) is 41.7 Å². The first-order chi connectivity index (χ1) is 14.3. The van der Waals surface area contributed by atoms with Gasteiger partial charge < -0.3 is 14.4 Å². The third-order valence-electron chi connectivity index (χ3n) is 5.44. The van der Waals surface area contributed by atoms with Crippen molar-refractivity contribution in [1.82, 2.24) is 4.90 Å². The average Bonchev–Trinajstić information content (AvgIpc) is 3.17. The summed E-state index contributed by atoms with van der Waals surface area (Å²) in [7, 11) is 0. The van der Waals surface area contributed by atoms with Crippen molar-refractivity contribution in [2.45, 2.75) is 24.8 Å². The molecule has 1 saturated heterocycles. The number of fused-ring (bicyclic) bond motifs is 1. The number of piperidine rings is 1. The summed E-state index contributed by atoms with van der Waals surface area (Å²) in [6.45, 7) is 0.102. The number of likely N-dealkylation sites (tertiary alicyclic amines) is 1. The number of nitro groups is 1. The summed E-state index contributed by atoms with van der Waals surface area (Å²) in [5, 5.41) is 11.6. The molecule has 2 aromatic carbocycles. The SMILES string of the molecule is O=C1C[C@H](c2cc(F)c(F)cc2F)[C@@H]([N+](=O)[O-])CN1CCc1ccc2c(c1)OCO2. The minimum atomic E-state index is -1.39. The van der Waals surface area contributed by atoms with E-state index in [2.05, 4.69) is 0 Å². The number of carbonyl (C=O) groups is 1. The van der Waals surface area contributed by atoms with Crippen molar-refractivity contribution in [2.75, 3.05) is 19.9 Å². The van der Waals surface area contributed by atoms with Gasteiger partial charge in [-0.1, -0.05) is 6.07 Å². The van der Waals surface area contributed by atoms with E-state index in [0.717, 1.165) is 5.56 Å². The van der Waals surface area contributed by atoms with Gasteiger partial charge in [0, 0.05) is 29.5 Å². The van der Waals surface area contributed by atoms with Crippen LogP contribution in [0.3, 0.4) is 0 Å². The summed E-state index contributed by atoms with van der Waals surface area (Å²) < 4.78 is 51.5. The molecule has 0 bridgehead atoms. The molecule has 7 nitrogen and oxygen atoms in total. The number of rotatable bonds is 5. The lowest BCUT2D eigenvalue weighted by Crippen LogP contribution is -2.50. The highest BCUT2D eigenvalue weighted by atomic mass is 19.2. The predicted octanol–water partition coefficient (Wildman–Crippen LogP) is 3.04. The molecule has 2 heterocycles. The summed E-state index contributed by atoms with van der Waals surface area (Å²) in [5.74, 6) is -4.18. The van der Waals surface area contributed by atoms with Crippen LogP contribution in [0.5, 0.6) is 11.5 Å². The molecule has 0 aliphatic carbocycles. The molecular formula is C20H17F3N2O5. The van der Waals surface area contributed by atoms with Gasteiger partial charge in [0.15, 0.2) is 23.1 Å². The van der Waals surface area contributed by atoms with Crippen molar-refractivity contribution < 1.29 is 32.4 Å². The van der Waals surface area contributed by atoms with Crippen LogP contribution >= 0.6 is 0 Å². The molecule has 0 N–H and O–H groups in total. The highest BCUT2D eigenvalue weighted by Crippen LogP contribution is 2.35. The summed E-state index contributed by atoms with van der Waals surface area (Å²) in [6, 6.07) is 4.95. The first-order valence-electron chi connectivity index (χ1n) is 9.27. The van der Waals surface area contributed by atoms with Crippen LogP contribution in [0.4, 0.5) is 13.2 Å². The third-order valence-corrected chi connectivity index (χ3v) is 5.44. The minimum Gasteiger partial charge on any atom is -0.454 e. The maximum Gasteiger partial charge on any atom is 0.237 e. The number of hydrogen-bond acceptors (Lipinski definition) is 5. The third kappa shape index (κ3) is 3.77. The van der Waals surface area contributed by atoms with E-state index in [0.29, 0.717) is 30.1 Å². The molecule has 2 aliphatic rings. The van der Waals surface area contributed by atoms with Crippen molar-refractivity contribution in [3.8, 4) is 11.5 Å². The van der Waals surface area contributed by atoms with E-state index in [-0.39, 0.29) is 31.9 Å². The molecular weight excluding hydrogens is 405 g/mol. The van der Waals surface area contributed by atoms with Gasteiger partial charge in [-0.25, -0.2) is 13.2 Å². The minimum absolute atomic E-state index is 0.135. The fourth-order valence-electron chi connectivity index (χ4n) is 3.84. The van der Waals surface area contributed by atoms with E-state index in [1.165, 1.54) is 4.90 Å². The number of nitrogens with zero attached hydrogens (tertiary/aromatic N) is 2. The maximum atomic E-state index is 14.2. The highest BCUT2D eigenvalue weighted by Gasteiger charge is 2.43. The monoisotopic (exact) mass is 422 g/mol. The van der Waals surface area contributed by atoms with Gasteiger partial charge in [-0.2, -0.15) is 0 Å². The Labute approximate surface area is 169 Å². The van der Waals surface area contributed by atoms with Crippen molar-refractivity contribution in [3.63, 3.8) is 0 Å². The fourth-order valence-corrected chi connectivity index (χ4v) is 3.84. The predicted molar refractivity (Wildman–Crippen MR) is 97.3 cm³/mol. The number of benzene rings is 2. The zero-order valence-corrected chi connectivity index (χ0v) is 15.6. The standard InChI is InChI=1S/C20H17F3N2O5/c21-14-8-16(23)15(22)6-12(14)13-7-20(26)24(9-17(13)25(27)28)4-3-11-1-2-18-19(5-11)30-10-29-18/h1-2,5-6,8,13,17H,3-4,7,9-10H2/t13-,17+/m1/s1. The average molecular weight is 422 g/mol. The van der Waals surface area contributed by atoms with Gasteiger partial charge in [0.05, 0.1) is 12.5 Å². The van der Waals surface area contributed by atoms with Crippen molar-refractivity contribution in [2.24, 2.45) is 0 Å². The number of hydrogen-bond donors (Lipinski definition) is 0. The van der Waals surface area contributed by atoms with Gasteiger partial charge in [0.1, 0.15) is 5.82 Å². The normalized spacial score (nSPS) is 20.5. The smallest absolute Gasteiger partial charge is 0.237 e. The van der Waals surface area contributed by atoms with Crippen LogP contribution in [0.1, 0.15) is 23.5 Å². The Hall–Kier alpha value is -3.30. The van der Waals surface area contributed by atoms with Gasteiger partial charge in [0.25, 0.3) is 0 Å². The topological polar surface area (TPSA) is 81.9 Å². The molecule has 0 spiro atoms. The fraction of sp³-hybridized carbons (Fsp3) is 0.350. The van der Waals surface area contributed by atoms with Crippen molar-refractivity contribution in [3.05, 3.63) is 69.0 Å². The van der Waals surface area contributed by atoms with Crippen LogP contribution < -0.4 is 9.47 Å². The second-order valence-electron chi connectivity index (χ2n) is 7.23. The Morgan fingerprint density at radius 2 is 1.80 bits per heavy atom. The Balaban J connectivity index is 1.50. The molecule has 0 aromatic heterocycles. The van der Waals surface area contributed by atoms with Crippen LogP contribution in [0, 0.1) is 27.6 Å². The van der Waals surface area contributed by atoms with Gasteiger partial charge in [-0.05, 0) is 30.2 Å². The summed E-state index contributed by atoms with van der Waals surface area (Å²) in [6.07, 6.45) is 0.0613. The van der Waals surface area contributed by atoms with E-state index in [1.807, 2.05) is 6.07 Å². The van der Waals surface area contributed by atoms with Crippen LogP contribution in [0.2, 0.25) is 0 Å². The van der Waals surface area contributed by atoms with Gasteiger partial charge >= 0.3 is 0 Å². The molecule has 1 fully saturated rings.